The van der Waals surface area contributed by atoms with Gasteiger partial charge in [-0.1, -0.05) is 20.8 Å². The number of likely N-dealkylation sites (N-methyl/N-ethyl adjacent to an activating group) is 1. The van der Waals surface area contributed by atoms with Crippen LogP contribution < -0.4 is 0 Å². The minimum Gasteiger partial charge on any atom is -0.383 e. The van der Waals surface area contributed by atoms with E-state index in [-0.39, 0.29) is 5.41 Å². The standard InChI is InChI=1S/C11H23NO2/c1-5-11(3,10-13)9-12(6-2)7-8-14-4/h10H,5-9H2,1-4H3. The first-order chi connectivity index (χ1) is 6.61. The van der Waals surface area contributed by atoms with Crippen molar-refractivity contribution in [2.45, 2.75) is 27.2 Å². The number of methoxy groups -OCH3 is 1. The van der Waals surface area contributed by atoms with Gasteiger partial charge in [-0.25, -0.2) is 0 Å². The number of hydrogen-bond acceptors (Lipinski definition) is 3. The molecule has 3 heteroatoms. The van der Waals surface area contributed by atoms with Crippen LogP contribution in [0.1, 0.15) is 27.2 Å². The van der Waals surface area contributed by atoms with Gasteiger partial charge in [-0.15, -0.1) is 0 Å². The SMILES string of the molecule is CCN(CCOC)CC(C)(C=O)CC. The number of rotatable bonds is 8. The van der Waals surface area contributed by atoms with Crippen molar-refractivity contribution in [3.05, 3.63) is 0 Å². The lowest BCUT2D eigenvalue weighted by Gasteiger charge is -2.29. The first kappa shape index (κ1) is 13.6. The predicted octanol–water partition coefficient (Wildman–Crippen LogP) is 1.57. The molecule has 0 aliphatic heterocycles. The molecule has 0 N–H and O–H groups in total. The largest absolute Gasteiger partial charge is 0.383 e. The van der Waals surface area contributed by atoms with Crippen molar-refractivity contribution in [1.82, 2.24) is 4.90 Å². The molecule has 0 aliphatic carbocycles. The van der Waals surface area contributed by atoms with E-state index < -0.39 is 0 Å². The van der Waals surface area contributed by atoms with Gasteiger partial charge in [0.2, 0.25) is 0 Å². The lowest BCUT2D eigenvalue weighted by Crippen LogP contribution is -2.38. The van der Waals surface area contributed by atoms with Gasteiger partial charge in [0.15, 0.2) is 0 Å². The summed E-state index contributed by atoms with van der Waals surface area (Å²) < 4.78 is 5.03. The van der Waals surface area contributed by atoms with Crippen LogP contribution in [0.2, 0.25) is 0 Å². The Labute approximate surface area is 87.4 Å². The van der Waals surface area contributed by atoms with Crippen molar-refractivity contribution in [2.75, 3.05) is 33.4 Å². The molecular formula is C11H23NO2. The Balaban J connectivity index is 4.07. The van der Waals surface area contributed by atoms with Crippen LogP contribution in [0.25, 0.3) is 0 Å². The summed E-state index contributed by atoms with van der Waals surface area (Å²) in [5, 5.41) is 0. The monoisotopic (exact) mass is 201 g/mol. The van der Waals surface area contributed by atoms with Gasteiger partial charge in [-0.3, -0.25) is 0 Å². The number of carbonyl (C=O) groups excluding carboxylic acids is 1. The Bertz CT molecular complexity index is 161. The average molecular weight is 201 g/mol. The topological polar surface area (TPSA) is 29.5 Å². The molecule has 0 amide bonds. The van der Waals surface area contributed by atoms with E-state index in [4.69, 9.17) is 4.74 Å². The van der Waals surface area contributed by atoms with Crippen molar-refractivity contribution in [1.29, 1.82) is 0 Å². The normalized spacial score (nSPS) is 15.5. The molecule has 0 aromatic carbocycles. The van der Waals surface area contributed by atoms with Gasteiger partial charge in [0.1, 0.15) is 6.29 Å². The van der Waals surface area contributed by atoms with Crippen molar-refractivity contribution >= 4 is 6.29 Å². The minimum atomic E-state index is -0.205. The summed E-state index contributed by atoms with van der Waals surface area (Å²) >= 11 is 0. The molecule has 1 unspecified atom stereocenters. The van der Waals surface area contributed by atoms with Gasteiger partial charge >= 0.3 is 0 Å². The van der Waals surface area contributed by atoms with E-state index in [0.29, 0.717) is 0 Å². The summed E-state index contributed by atoms with van der Waals surface area (Å²) in [7, 11) is 1.70. The molecule has 84 valence electrons. The highest BCUT2D eigenvalue weighted by Crippen LogP contribution is 2.19. The van der Waals surface area contributed by atoms with E-state index in [1.165, 1.54) is 0 Å². The van der Waals surface area contributed by atoms with Crippen LogP contribution in [-0.4, -0.2) is 44.5 Å². The lowest BCUT2D eigenvalue weighted by molar-refractivity contribution is -0.116. The van der Waals surface area contributed by atoms with Crippen LogP contribution >= 0.6 is 0 Å². The molecule has 14 heavy (non-hydrogen) atoms. The summed E-state index contributed by atoms with van der Waals surface area (Å²) in [6.45, 7) is 9.59. The van der Waals surface area contributed by atoms with Crippen LogP contribution in [0.5, 0.6) is 0 Å². The van der Waals surface area contributed by atoms with Crippen LogP contribution in [0.4, 0.5) is 0 Å². The van der Waals surface area contributed by atoms with E-state index in [9.17, 15) is 4.79 Å². The van der Waals surface area contributed by atoms with Gasteiger partial charge in [0.25, 0.3) is 0 Å². The van der Waals surface area contributed by atoms with Gasteiger partial charge in [-0.05, 0) is 13.0 Å². The fourth-order valence-corrected chi connectivity index (χ4v) is 1.31. The van der Waals surface area contributed by atoms with Gasteiger partial charge < -0.3 is 14.4 Å². The lowest BCUT2D eigenvalue weighted by atomic mass is 9.89. The quantitative estimate of drug-likeness (QED) is 0.558. The van der Waals surface area contributed by atoms with E-state index >= 15 is 0 Å². The summed E-state index contributed by atoms with van der Waals surface area (Å²) in [6.07, 6.45) is 1.96. The molecule has 0 heterocycles. The molecule has 0 bridgehead atoms. The van der Waals surface area contributed by atoms with E-state index in [2.05, 4.69) is 18.7 Å². The Kier molecular flexibility index (Phi) is 6.75. The first-order valence-electron chi connectivity index (χ1n) is 5.29. The van der Waals surface area contributed by atoms with Crippen LogP contribution in [0, 0.1) is 5.41 Å². The Morgan fingerprint density at radius 1 is 1.43 bits per heavy atom. The molecule has 0 spiro atoms. The fraction of sp³-hybridized carbons (Fsp3) is 0.909. The van der Waals surface area contributed by atoms with Gasteiger partial charge in [0.05, 0.1) is 6.61 Å². The molecule has 0 radical (unpaired) electrons. The number of hydrogen-bond donors (Lipinski definition) is 0. The Morgan fingerprint density at radius 3 is 2.43 bits per heavy atom. The number of ether oxygens (including phenoxy) is 1. The van der Waals surface area contributed by atoms with E-state index in [1.54, 1.807) is 7.11 Å². The molecule has 0 aromatic rings. The Hall–Kier alpha value is -0.410. The summed E-state index contributed by atoms with van der Waals surface area (Å²) in [4.78, 5) is 13.2. The molecule has 1 atom stereocenters. The maximum atomic E-state index is 10.9. The van der Waals surface area contributed by atoms with E-state index in [1.807, 2.05) is 6.92 Å². The molecule has 0 aromatic heterocycles. The smallest absolute Gasteiger partial charge is 0.127 e. The molecule has 0 aliphatic rings. The third-order valence-corrected chi connectivity index (χ3v) is 2.74. The van der Waals surface area contributed by atoms with Gasteiger partial charge in [-0.2, -0.15) is 0 Å². The maximum absolute atomic E-state index is 10.9. The second kappa shape index (κ2) is 6.96. The third-order valence-electron chi connectivity index (χ3n) is 2.74. The summed E-state index contributed by atoms with van der Waals surface area (Å²) in [6, 6.07) is 0. The summed E-state index contributed by atoms with van der Waals surface area (Å²) in [5.74, 6) is 0. The zero-order valence-corrected chi connectivity index (χ0v) is 9.88. The van der Waals surface area contributed by atoms with Gasteiger partial charge in [0, 0.05) is 25.6 Å². The molecule has 0 saturated carbocycles. The molecule has 0 fully saturated rings. The average Bonchev–Trinajstić information content (AvgIpc) is 2.23. The van der Waals surface area contributed by atoms with Crippen molar-refractivity contribution < 1.29 is 9.53 Å². The summed E-state index contributed by atoms with van der Waals surface area (Å²) in [5.41, 5.74) is -0.205. The predicted molar refractivity (Wildman–Crippen MR) is 58.5 cm³/mol. The van der Waals surface area contributed by atoms with Crippen molar-refractivity contribution in [2.24, 2.45) is 5.41 Å². The molecule has 0 rings (SSSR count). The van der Waals surface area contributed by atoms with E-state index in [0.717, 1.165) is 38.9 Å². The number of aldehydes is 1. The molecular weight excluding hydrogens is 178 g/mol. The highest BCUT2D eigenvalue weighted by molar-refractivity contribution is 5.58. The highest BCUT2D eigenvalue weighted by atomic mass is 16.5. The zero-order chi connectivity index (χ0) is 11.0. The van der Waals surface area contributed by atoms with Crippen LogP contribution in [-0.2, 0) is 9.53 Å². The first-order valence-corrected chi connectivity index (χ1v) is 5.29. The van der Waals surface area contributed by atoms with Crippen molar-refractivity contribution in [3.63, 3.8) is 0 Å². The fourth-order valence-electron chi connectivity index (χ4n) is 1.31. The van der Waals surface area contributed by atoms with Crippen molar-refractivity contribution in [3.8, 4) is 0 Å². The minimum absolute atomic E-state index is 0.205. The molecule has 3 nitrogen and oxygen atoms in total. The maximum Gasteiger partial charge on any atom is 0.127 e. The highest BCUT2D eigenvalue weighted by Gasteiger charge is 2.23. The number of carbonyl (C=O) groups is 1. The Morgan fingerprint density at radius 2 is 2.07 bits per heavy atom. The van der Waals surface area contributed by atoms with Crippen LogP contribution in [0.15, 0.2) is 0 Å². The van der Waals surface area contributed by atoms with Crippen LogP contribution in [0.3, 0.4) is 0 Å². The second-order valence-electron chi connectivity index (χ2n) is 3.99. The zero-order valence-electron chi connectivity index (χ0n) is 9.88. The molecule has 0 saturated heterocycles. The number of nitrogens with zero attached hydrogens (tertiary/aromatic N) is 1. The second-order valence-corrected chi connectivity index (χ2v) is 3.99. The third kappa shape index (κ3) is 4.72.